The van der Waals surface area contributed by atoms with Crippen molar-refractivity contribution < 1.29 is 12.8 Å². The van der Waals surface area contributed by atoms with Gasteiger partial charge in [-0.05, 0) is 68.1 Å². The Morgan fingerprint density at radius 2 is 1.93 bits per heavy atom. The smallest absolute Gasteiger partial charge is 0.243 e. The zero-order chi connectivity index (χ0) is 19.9. The molecular weight excluding hydrogens is 398 g/mol. The van der Waals surface area contributed by atoms with Crippen molar-refractivity contribution >= 4 is 21.6 Å². The molecule has 0 radical (unpaired) electrons. The van der Waals surface area contributed by atoms with Gasteiger partial charge in [0.1, 0.15) is 5.69 Å². The van der Waals surface area contributed by atoms with Crippen molar-refractivity contribution in [3.05, 3.63) is 58.4 Å². The zero-order valence-corrected chi connectivity index (χ0v) is 17.3. The molecule has 0 spiro atoms. The minimum Gasteiger partial charge on any atom is -0.463 e. The maximum absolute atomic E-state index is 13.1. The number of hydrogen-bond donors (Lipinski definition) is 1. The Morgan fingerprint density at radius 1 is 1.18 bits per heavy atom. The van der Waals surface area contributed by atoms with Crippen molar-refractivity contribution in [1.29, 1.82) is 0 Å². The van der Waals surface area contributed by atoms with Gasteiger partial charge in [-0.3, -0.25) is 5.10 Å². The average molecular weight is 420 g/mol. The third kappa shape index (κ3) is 3.50. The highest BCUT2D eigenvalue weighted by atomic mass is 35.5. The Bertz CT molecular complexity index is 1080. The van der Waals surface area contributed by atoms with E-state index in [1.54, 1.807) is 29.6 Å². The van der Waals surface area contributed by atoms with Crippen LogP contribution < -0.4 is 0 Å². The van der Waals surface area contributed by atoms with Crippen LogP contribution in [0, 0.1) is 13.8 Å². The fourth-order valence-electron chi connectivity index (χ4n) is 3.67. The molecule has 28 heavy (non-hydrogen) atoms. The van der Waals surface area contributed by atoms with E-state index in [2.05, 4.69) is 10.2 Å². The highest BCUT2D eigenvalue weighted by Gasteiger charge is 2.32. The molecule has 148 valence electrons. The first-order chi connectivity index (χ1) is 13.4. The monoisotopic (exact) mass is 419 g/mol. The molecule has 1 fully saturated rings. The molecule has 1 aliphatic heterocycles. The summed E-state index contributed by atoms with van der Waals surface area (Å²) in [7, 11) is -3.53. The predicted molar refractivity (Wildman–Crippen MR) is 108 cm³/mol. The normalized spacial score (nSPS) is 16.5. The molecule has 4 rings (SSSR count). The van der Waals surface area contributed by atoms with E-state index in [1.807, 2.05) is 25.1 Å². The van der Waals surface area contributed by atoms with Crippen LogP contribution in [0.1, 0.15) is 35.6 Å². The van der Waals surface area contributed by atoms with Crippen molar-refractivity contribution in [2.45, 2.75) is 37.5 Å². The minimum atomic E-state index is -3.53. The molecular formula is C20H22ClN3O3S. The quantitative estimate of drug-likeness (QED) is 0.674. The number of aromatic amines is 1. The first-order valence-electron chi connectivity index (χ1n) is 9.22. The van der Waals surface area contributed by atoms with E-state index in [4.69, 9.17) is 16.0 Å². The van der Waals surface area contributed by atoms with E-state index in [0.29, 0.717) is 28.6 Å². The summed E-state index contributed by atoms with van der Waals surface area (Å²) in [6.07, 6.45) is 3.10. The van der Waals surface area contributed by atoms with E-state index in [1.165, 1.54) is 0 Å². The molecule has 3 heterocycles. The van der Waals surface area contributed by atoms with Crippen LogP contribution in [0.25, 0.3) is 11.5 Å². The molecule has 0 bridgehead atoms. The Morgan fingerprint density at radius 3 is 2.61 bits per heavy atom. The maximum Gasteiger partial charge on any atom is 0.243 e. The highest BCUT2D eigenvalue weighted by Crippen LogP contribution is 2.33. The molecule has 0 atom stereocenters. The molecule has 1 aromatic carbocycles. The molecule has 2 aromatic heterocycles. The van der Waals surface area contributed by atoms with E-state index in [9.17, 15) is 8.42 Å². The summed E-state index contributed by atoms with van der Waals surface area (Å²) in [4.78, 5) is 0.342. The predicted octanol–water partition coefficient (Wildman–Crippen LogP) is 4.51. The minimum absolute atomic E-state index is 0.246. The van der Waals surface area contributed by atoms with E-state index < -0.39 is 10.0 Å². The second kappa shape index (κ2) is 7.39. The van der Waals surface area contributed by atoms with Crippen LogP contribution in [0.3, 0.4) is 0 Å². The van der Waals surface area contributed by atoms with Crippen LogP contribution in [0.4, 0.5) is 0 Å². The lowest BCUT2D eigenvalue weighted by Gasteiger charge is -2.31. The van der Waals surface area contributed by atoms with E-state index in [0.717, 1.165) is 35.6 Å². The van der Waals surface area contributed by atoms with E-state index in [-0.39, 0.29) is 5.92 Å². The van der Waals surface area contributed by atoms with Gasteiger partial charge in [-0.2, -0.15) is 9.40 Å². The molecule has 0 amide bonds. The SMILES string of the molecule is Cc1cc(S(=O)(=O)N2CCC(c3cc(-c4ccco4)n[nH]3)CC2)c(C)cc1Cl. The first-order valence-corrected chi connectivity index (χ1v) is 11.0. The van der Waals surface area contributed by atoms with Gasteiger partial charge < -0.3 is 4.42 Å². The molecule has 6 nitrogen and oxygen atoms in total. The molecule has 0 unspecified atom stereocenters. The van der Waals surface area contributed by atoms with Crippen LogP contribution in [0.5, 0.6) is 0 Å². The summed E-state index contributed by atoms with van der Waals surface area (Å²) in [5.74, 6) is 0.965. The van der Waals surface area contributed by atoms with Gasteiger partial charge in [0.2, 0.25) is 10.0 Å². The average Bonchev–Trinajstić information content (AvgIpc) is 3.36. The number of nitrogens with one attached hydrogen (secondary N) is 1. The van der Waals surface area contributed by atoms with Crippen LogP contribution in [-0.4, -0.2) is 36.0 Å². The van der Waals surface area contributed by atoms with E-state index >= 15 is 0 Å². The zero-order valence-electron chi connectivity index (χ0n) is 15.8. The molecule has 8 heteroatoms. The van der Waals surface area contributed by atoms with Crippen molar-refractivity contribution in [3.8, 4) is 11.5 Å². The summed E-state index contributed by atoms with van der Waals surface area (Å²) >= 11 is 6.12. The van der Waals surface area contributed by atoms with Crippen molar-refractivity contribution in [2.24, 2.45) is 0 Å². The lowest BCUT2D eigenvalue weighted by molar-refractivity contribution is 0.316. The van der Waals surface area contributed by atoms with Gasteiger partial charge in [-0.25, -0.2) is 8.42 Å². The molecule has 1 N–H and O–H groups in total. The number of hydrogen-bond acceptors (Lipinski definition) is 4. The summed E-state index contributed by atoms with van der Waals surface area (Å²) in [6, 6.07) is 9.07. The second-order valence-corrected chi connectivity index (χ2v) is 9.54. The van der Waals surface area contributed by atoms with Crippen LogP contribution >= 0.6 is 11.6 Å². The number of sulfonamides is 1. The summed E-state index contributed by atoms with van der Waals surface area (Å²) in [5, 5.41) is 7.98. The molecule has 1 aliphatic rings. The van der Waals surface area contributed by atoms with Crippen molar-refractivity contribution in [2.75, 3.05) is 13.1 Å². The number of aromatic nitrogens is 2. The molecule has 0 saturated carbocycles. The molecule has 1 saturated heterocycles. The third-order valence-electron chi connectivity index (χ3n) is 5.34. The maximum atomic E-state index is 13.1. The first kappa shape index (κ1) is 19.2. The summed E-state index contributed by atoms with van der Waals surface area (Å²) in [5.41, 5.74) is 3.22. The van der Waals surface area contributed by atoms with Gasteiger partial charge in [0.05, 0.1) is 11.2 Å². The number of H-pyrrole nitrogens is 1. The number of piperidine rings is 1. The van der Waals surface area contributed by atoms with Gasteiger partial charge in [0.25, 0.3) is 0 Å². The van der Waals surface area contributed by atoms with Crippen LogP contribution in [0.2, 0.25) is 5.02 Å². The third-order valence-corrected chi connectivity index (χ3v) is 7.79. The highest BCUT2D eigenvalue weighted by molar-refractivity contribution is 7.89. The van der Waals surface area contributed by atoms with Gasteiger partial charge in [-0.15, -0.1) is 0 Å². The lowest BCUT2D eigenvalue weighted by atomic mass is 9.94. The van der Waals surface area contributed by atoms with Crippen molar-refractivity contribution in [1.82, 2.24) is 14.5 Å². The van der Waals surface area contributed by atoms with Crippen LogP contribution in [0.15, 0.2) is 45.9 Å². The Kier molecular flexibility index (Phi) is 5.07. The summed E-state index contributed by atoms with van der Waals surface area (Å²) in [6.45, 7) is 4.56. The topological polar surface area (TPSA) is 79.2 Å². The van der Waals surface area contributed by atoms with Gasteiger partial charge in [0.15, 0.2) is 5.76 Å². The second-order valence-electron chi connectivity index (χ2n) is 7.23. The Balaban J connectivity index is 1.49. The number of nitrogens with zero attached hydrogens (tertiary/aromatic N) is 2. The van der Waals surface area contributed by atoms with Gasteiger partial charge >= 0.3 is 0 Å². The number of rotatable bonds is 4. The largest absolute Gasteiger partial charge is 0.463 e. The number of aryl methyl sites for hydroxylation is 2. The fourth-order valence-corrected chi connectivity index (χ4v) is 5.65. The summed E-state index contributed by atoms with van der Waals surface area (Å²) < 4.78 is 33.2. The lowest BCUT2D eigenvalue weighted by Crippen LogP contribution is -2.38. The van der Waals surface area contributed by atoms with Crippen molar-refractivity contribution in [3.63, 3.8) is 0 Å². The molecule has 0 aliphatic carbocycles. The van der Waals surface area contributed by atoms with Gasteiger partial charge in [-0.1, -0.05) is 11.6 Å². The molecule has 3 aromatic rings. The van der Waals surface area contributed by atoms with Crippen LogP contribution in [-0.2, 0) is 10.0 Å². The standard InChI is InChI=1S/C20H22ClN3O3S/c1-13-11-20(14(2)10-16(13)21)28(25,26)24-7-5-15(6-8-24)17-12-18(23-22-17)19-4-3-9-27-19/h3-4,9-12,15H,5-8H2,1-2H3,(H,22,23). The number of furan rings is 1. The Hall–Kier alpha value is -2.09. The Labute approximate surface area is 169 Å². The fraction of sp³-hybridized carbons (Fsp3) is 0.350. The van der Waals surface area contributed by atoms with Gasteiger partial charge in [0, 0.05) is 29.7 Å². The number of benzene rings is 1. The number of halogens is 1.